The lowest BCUT2D eigenvalue weighted by molar-refractivity contribution is -0.141. The Balaban J connectivity index is 1.85. The van der Waals surface area contributed by atoms with Crippen molar-refractivity contribution in [2.24, 2.45) is 0 Å². The van der Waals surface area contributed by atoms with E-state index in [1.165, 1.54) is 28.4 Å². The summed E-state index contributed by atoms with van der Waals surface area (Å²) in [6, 6.07) is 21.1. The van der Waals surface area contributed by atoms with Crippen molar-refractivity contribution in [1.29, 1.82) is 0 Å². The van der Waals surface area contributed by atoms with Crippen LogP contribution in [0.2, 0.25) is 0 Å². The van der Waals surface area contributed by atoms with Gasteiger partial charge in [-0.3, -0.25) is 13.9 Å². The van der Waals surface area contributed by atoms with E-state index in [1.807, 2.05) is 37.3 Å². The molecule has 8 nitrogen and oxygen atoms in total. The van der Waals surface area contributed by atoms with Crippen molar-refractivity contribution in [1.82, 2.24) is 10.2 Å². The third-order valence-corrected chi connectivity index (χ3v) is 7.79. The maximum absolute atomic E-state index is 13.8. The van der Waals surface area contributed by atoms with Gasteiger partial charge < -0.3 is 15.0 Å². The number of carbonyl (C=O) groups is 2. The van der Waals surface area contributed by atoms with Crippen molar-refractivity contribution in [2.45, 2.75) is 45.2 Å². The Kier molecular flexibility index (Phi) is 11.7. The van der Waals surface area contributed by atoms with Gasteiger partial charge in [0.25, 0.3) is 0 Å². The van der Waals surface area contributed by atoms with Gasteiger partial charge in [0.15, 0.2) is 0 Å². The van der Waals surface area contributed by atoms with Gasteiger partial charge in [-0.2, -0.15) is 0 Å². The number of methoxy groups -OCH3 is 1. The van der Waals surface area contributed by atoms with E-state index < -0.39 is 21.9 Å². The highest BCUT2D eigenvalue weighted by atomic mass is 32.2. The highest BCUT2D eigenvalue weighted by Gasteiger charge is 2.30. The molecule has 0 saturated carbocycles. The van der Waals surface area contributed by atoms with E-state index in [9.17, 15) is 22.4 Å². The molecule has 0 unspecified atom stereocenters. The molecule has 0 bridgehead atoms. The van der Waals surface area contributed by atoms with Crippen molar-refractivity contribution >= 4 is 27.5 Å². The number of ether oxygens (including phenoxy) is 1. The van der Waals surface area contributed by atoms with Gasteiger partial charge in [0.1, 0.15) is 17.6 Å². The van der Waals surface area contributed by atoms with E-state index in [-0.39, 0.29) is 37.7 Å². The lowest BCUT2D eigenvalue weighted by atomic mass is 10.0. The minimum absolute atomic E-state index is 0.00964. The van der Waals surface area contributed by atoms with Crippen LogP contribution in [0, 0.1) is 5.82 Å². The number of nitrogens with zero attached hydrogens (tertiary/aromatic N) is 2. The summed E-state index contributed by atoms with van der Waals surface area (Å²) in [5, 5.41) is 2.92. The summed E-state index contributed by atoms with van der Waals surface area (Å²) in [5.41, 5.74) is 2.03. The maximum atomic E-state index is 13.8. The van der Waals surface area contributed by atoms with Crippen LogP contribution in [0.1, 0.15) is 37.3 Å². The molecule has 0 aliphatic carbocycles. The van der Waals surface area contributed by atoms with Gasteiger partial charge in [-0.1, -0.05) is 49.4 Å². The first kappa shape index (κ1) is 31.6. The lowest BCUT2D eigenvalue weighted by Gasteiger charge is -2.32. The van der Waals surface area contributed by atoms with Crippen LogP contribution in [0.5, 0.6) is 5.75 Å². The Morgan fingerprint density at radius 2 is 1.61 bits per heavy atom. The van der Waals surface area contributed by atoms with Crippen molar-refractivity contribution in [3.05, 3.63) is 95.8 Å². The number of amides is 2. The number of sulfonamides is 1. The molecule has 41 heavy (non-hydrogen) atoms. The first-order chi connectivity index (χ1) is 19.6. The average molecular weight is 584 g/mol. The molecule has 0 spiro atoms. The summed E-state index contributed by atoms with van der Waals surface area (Å²) in [7, 11) is -2.09. The Morgan fingerprint density at radius 3 is 2.20 bits per heavy atom. The Bertz CT molecular complexity index is 1370. The molecule has 3 aromatic carbocycles. The van der Waals surface area contributed by atoms with Crippen LogP contribution >= 0.6 is 0 Å². The number of hydrogen-bond donors (Lipinski definition) is 1. The quantitative estimate of drug-likeness (QED) is 0.283. The monoisotopic (exact) mass is 583 g/mol. The summed E-state index contributed by atoms with van der Waals surface area (Å²) in [5.74, 6) is -0.376. The largest absolute Gasteiger partial charge is 0.497 e. The molecular weight excluding hydrogens is 545 g/mol. The minimum atomic E-state index is -3.62. The first-order valence-electron chi connectivity index (χ1n) is 13.6. The second-order valence-electron chi connectivity index (χ2n) is 9.78. The number of anilines is 1. The third kappa shape index (κ3) is 9.60. The van der Waals surface area contributed by atoms with Crippen LogP contribution in [0.3, 0.4) is 0 Å². The second-order valence-corrected chi connectivity index (χ2v) is 11.7. The molecule has 0 fully saturated rings. The average Bonchev–Trinajstić information content (AvgIpc) is 2.96. The second kappa shape index (κ2) is 15.2. The first-order valence-corrected chi connectivity index (χ1v) is 15.4. The highest BCUT2D eigenvalue weighted by Crippen LogP contribution is 2.23. The summed E-state index contributed by atoms with van der Waals surface area (Å²) in [6.45, 7) is 2.59. The molecule has 10 heteroatoms. The topological polar surface area (TPSA) is 96.0 Å². The van der Waals surface area contributed by atoms with Crippen LogP contribution < -0.4 is 14.4 Å². The molecule has 2 amide bonds. The van der Waals surface area contributed by atoms with Crippen LogP contribution in [0.4, 0.5) is 10.1 Å². The summed E-state index contributed by atoms with van der Waals surface area (Å²) in [4.78, 5) is 28.7. The standard InChI is InChI=1S/C31H38FN3O5S/c1-4-20-33-31(37)29(22-24-9-6-5-7-10-24)34(23-25-12-14-26(32)15-13-25)30(36)11-8-21-35(41(3,38)39)27-16-18-28(40-2)19-17-27/h5-7,9-10,12-19,29H,4,8,11,20-23H2,1-3H3,(H,33,37)/t29-/m1/s1. The number of hydrogen-bond acceptors (Lipinski definition) is 5. The molecule has 3 rings (SSSR count). The van der Waals surface area contributed by atoms with Crippen LogP contribution in [-0.2, 0) is 32.6 Å². The van der Waals surface area contributed by atoms with Crippen molar-refractivity contribution in [2.75, 3.05) is 30.8 Å². The number of nitrogens with one attached hydrogen (secondary N) is 1. The molecule has 1 atom stereocenters. The van der Waals surface area contributed by atoms with E-state index in [1.54, 1.807) is 36.4 Å². The lowest BCUT2D eigenvalue weighted by Crippen LogP contribution is -2.50. The van der Waals surface area contributed by atoms with E-state index in [4.69, 9.17) is 4.74 Å². The Morgan fingerprint density at radius 1 is 0.951 bits per heavy atom. The molecule has 220 valence electrons. The summed E-state index contributed by atoms with van der Waals surface area (Å²) >= 11 is 0. The number of halogens is 1. The van der Waals surface area contributed by atoms with Crippen molar-refractivity contribution < 1.29 is 27.1 Å². The van der Waals surface area contributed by atoms with Gasteiger partial charge >= 0.3 is 0 Å². The Hall–Kier alpha value is -3.92. The van der Waals surface area contributed by atoms with E-state index in [0.717, 1.165) is 18.2 Å². The Labute approximate surface area is 242 Å². The molecule has 0 saturated heterocycles. The molecule has 0 radical (unpaired) electrons. The van der Waals surface area contributed by atoms with Gasteiger partial charge in [0.2, 0.25) is 21.8 Å². The van der Waals surface area contributed by atoms with Crippen LogP contribution in [0.25, 0.3) is 0 Å². The number of rotatable bonds is 15. The fraction of sp³-hybridized carbons (Fsp3) is 0.355. The van der Waals surface area contributed by atoms with Crippen molar-refractivity contribution in [3.8, 4) is 5.75 Å². The number of carbonyl (C=O) groups excluding carboxylic acids is 2. The predicted molar refractivity (Wildman–Crippen MR) is 159 cm³/mol. The van der Waals surface area contributed by atoms with Crippen LogP contribution in [-0.4, -0.2) is 57.6 Å². The summed E-state index contributed by atoms with van der Waals surface area (Å²) in [6.07, 6.45) is 2.39. The fourth-order valence-corrected chi connectivity index (χ4v) is 5.42. The van der Waals surface area contributed by atoms with Crippen LogP contribution in [0.15, 0.2) is 78.9 Å². The zero-order chi connectivity index (χ0) is 29.8. The molecule has 0 heterocycles. The fourth-order valence-electron chi connectivity index (χ4n) is 4.46. The third-order valence-electron chi connectivity index (χ3n) is 6.60. The number of benzene rings is 3. The molecule has 0 aliphatic heterocycles. The highest BCUT2D eigenvalue weighted by molar-refractivity contribution is 7.92. The van der Waals surface area contributed by atoms with E-state index in [2.05, 4.69) is 5.32 Å². The minimum Gasteiger partial charge on any atom is -0.497 e. The van der Waals surface area contributed by atoms with Gasteiger partial charge in [0.05, 0.1) is 19.1 Å². The zero-order valence-corrected chi connectivity index (χ0v) is 24.6. The molecular formula is C31H38FN3O5S. The van der Waals surface area contributed by atoms with Gasteiger partial charge in [-0.05, 0) is 60.4 Å². The van der Waals surface area contributed by atoms with E-state index in [0.29, 0.717) is 30.0 Å². The zero-order valence-electron chi connectivity index (χ0n) is 23.8. The van der Waals surface area contributed by atoms with Gasteiger partial charge in [0, 0.05) is 32.5 Å². The predicted octanol–water partition coefficient (Wildman–Crippen LogP) is 4.55. The SMILES string of the molecule is CCCNC(=O)[C@@H](Cc1ccccc1)N(Cc1ccc(F)cc1)C(=O)CCCN(c1ccc(OC)cc1)S(C)(=O)=O. The molecule has 0 aliphatic rings. The molecule has 1 N–H and O–H groups in total. The normalized spacial score (nSPS) is 11.9. The van der Waals surface area contributed by atoms with Gasteiger partial charge in [-0.25, -0.2) is 12.8 Å². The van der Waals surface area contributed by atoms with Gasteiger partial charge in [-0.15, -0.1) is 0 Å². The molecule has 0 aromatic heterocycles. The smallest absolute Gasteiger partial charge is 0.243 e. The van der Waals surface area contributed by atoms with Crippen molar-refractivity contribution in [3.63, 3.8) is 0 Å². The van der Waals surface area contributed by atoms with E-state index >= 15 is 0 Å². The molecule has 3 aromatic rings. The summed E-state index contributed by atoms with van der Waals surface area (Å²) < 4.78 is 45.2. The maximum Gasteiger partial charge on any atom is 0.243 e.